The van der Waals surface area contributed by atoms with Gasteiger partial charge in [-0.25, -0.2) is 4.98 Å². The lowest BCUT2D eigenvalue weighted by Gasteiger charge is -2.24. The van der Waals surface area contributed by atoms with Crippen LogP contribution in [0.15, 0.2) is 23.3 Å². The SMILES string of the molecule is CN=C(NCCOc1ccc(Cl)cn1)N1CCC2(CCOC2)C1.I. The smallest absolute Gasteiger partial charge is 0.213 e. The summed E-state index contributed by atoms with van der Waals surface area (Å²) in [6.45, 7) is 5.02. The molecule has 0 saturated carbocycles. The summed E-state index contributed by atoms with van der Waals surface area (Å²) in [5.74, 6) is 1.51. The number of aliphatic imine (C=N–C) groups is 1. The van der Waals surface area contributed by atoms with Crippen LogP contribution in [0, 0.1) is 5.41 Å². The highest BCUT2D eigenvalue weighted by atomic mass is 127. The van der Waals surface area contributed by atoms with Gasteiger partial charge in [0.1, 0.15) is 6.61 Å². The number of pyridine rings is 1. The summed E-state index contributed by atoms with van der Waals surface area (Å²) < 4.78 is 11.2. The first-order valence-corrected chi connectivity index (χ1v) is 8.36. The highest BCUT2D eigenvalue weighted by Gasteiger charge is 2.42. The predicted molar refractivity (Wildman–Crippen MR) is 106 cm³/mol. The molecule has 3 heterocycles. The van der Waals surface area contributed by atoms with Gasteiger partial charge >= 0.3 is 0 Å². The molecule has 1 unspecified atom stereocenters. The Hall–Kier alpha value is -0.800. The van der Waals surface area contributed by atoms with E-state index in [9.17, 15) is 0 Å². The molecule has 1 aromatic heterocycles. The van der Waals surface area contributed by atoms with Gasteiger partial charge in [0.25, 0.3) is 0 Å². The molecular formula is C16H24ClIN4O2. The van der Waals surface area contributed by atoms with Crippen LogP contribution in [-0.2, 0) is 4.74 Å². The molecule has 1 N–H and O–H groups in total. The van der Waals surface area contributed by atoms with Crippen molar-refractivity contribution < 1.29 is 9.47 Å². The zero-order chi connectivity index (χ0) is 16.1. The summed E-state index contributed by atoms with van der Waals surface area (Å²) in [6.07, 6.45) is 3.92. The molecule has 1 atom stereocenters. The van der Waals surface area contributed by atoms with E-state index in [1.54, 1.807) is 18.3 Å². The number of likely N-dealkylation sites (tertiary alicyclic amines) is 1. The van der Waals surface area contributed by atoms with Crippen LogP contribution in [0.25, 0.3) is 0 Å². The van der Waals surface area contributed by atoms with Crippen LogP contribution in [0.2, 0.25) is 5.02 Å². The van der Waals surface area contributed by atoms with E-state index < -0.39 is 0 Å². The number of halogens is 2. The van der Waals surface area contributed by atoms with E-state index in [0.29, 0.717) is 29.5 Å². The first kappa shape index (κ1) is 19.5. The van der Waals surface area contributed by atoms with E-state index in [4.69, 9.17) is 21.1 Å². The summed E-state index contributed by atoms with van der Waals surface area (Å²) in [5.41, 5.74) is 0.335. The van der Waals surface area contributed by atoms with Gasteiger partial charge < -0.3 is 19.7 Å². The Balaban J connectivity index is 0.00000208. The quantitative estimate of drug-likeness (QED) is 0.320. The molecule has 24 heavy (non-hydrogen) atoms. The molecule has 0 aromatic carbocycles. The van der Waals surface area contributed by atoms with Gasteiger partial charge in [-0.15, -0.1) is 24.0 Å². The fourth-order valence-corrected chi connectivity index (χ4v) is 3.30. The Morgan fingerprint density at radius 3 is 3.04 bits per heavy atom. The van der Waals surface area contributed by atoms with Gasteiger partial charge in [-0.3, -0.25) is 4.99 Å². The predicted octanol–water partition coefficient (Wildman–Crippen LogP) is 2.42. The van der Waals surface area contributed by atoms with Crippen molar-refractivity contribution in [3.05, 3.63) is 23.4 Å². The van der Waals surface area contributed by atoms with Crippen LogP contribution in [0.4, 0.5) is 0 Å². The lowest BCUT2D eigenvalue weighted by atomic mass is 9.87. The monoisotopic (exact) mass is 466 g/mol. The molecule has 8 heteroatoms. The average Bonchev–Trinajstić information content (AvgIpc) is 3.20. The molecule has 1 aromatic rings. The third-order valence-corrected chi connectivity index (χ3v) is 4.69. The van der Waals surface area contributed by atoms with Gasteiger partial charge in [-0.1, -0.05) is 11.6 Å². The second-order valence-electron chi connectivity index (χ2n) is 6.11. The van der Waals surface area contributed by atoms with Gasteiger partial charge in [0.2, 0.25) is 5.88 Å². The Kier molecular flexibility index (Phi) is 7.36. The molecule has 0 amide bonds. The van der Waals surface area contributed by atoms with Crippen LogP contribution in [0.5, 0.6) is 5.88 Å². The van der Waals surface area contributed by atoms with E-state index >= 15 is 0 Å². The Labute approximate surface area is 165 Å². The molecule has 2 saturated heterocycles. The van der Waals surface area contributed by atoms with Crippen LogP contribution < -0.4 is 10.1 Å². The summed E-state index contributed by atoms with van der Waals surface area (Å²) >= 11 is 5.80. The van der Waals surface area contributed by atoms with Crippen molar-refractivity contribution in [2.45, 2.75) is 12.8 Å². The topological polar surface area (TPSA) is 59.0 Å². The highest BCUT2D eigenvalue weighted by molar-refractivity contribution is 14.0. The fourth-order valence-electron chi connectivity index (χ4n) is 3.19. The van der Waals surface area contributed by atoms with Gasteiger partial charge in [-0.05, 0) is 18.9 Å². The number of guanidine groups is 1. The fraction of sp³-hybridized carbons (Fsp3) is 0.625. The van der Waals surface area contributed by atoms with Crippen molar-refractivity contribution >= 4 is 41.5 Å². The van der Waals surface area contributed by atoms with E-state index in [1.807, 2.05) is 7.05 Å². The molecule has 1 spiro atoms. The number of hydrogen-bond acceptors (Lipinski definition) is 4. The van der Waals surface area contributed by atoms with Crippen molar-refractivity contribution in [3.8, 4) is 5.88 Å². The minimum absolute atomic E-state index is 0. The molecule has 2 aliphatic rings. The van der Waals surface area contributed by atoms with Gasteiger partial charge in [0.05, 0.1) is 18.2 Å². The minimum atomic E-state index is 0. The Morgan fingerprint density at radius 2 is 2.38 bits per heavy atom. The first-order chi connectivity index (χ1) is 11.2. The maximum Gasteiger partial charge on any atom is 0.213 e. The van der Waals surface area contributed by atoms with E-state index in [0.717, 1.165) is 38.7 Å². The Bertz CT molecular complexity index is 550. The van der Waals surface area contributed by atoms with Crippen LogP contribution in [0.1, 0.15) is 12.8 Å². The summed E-state index contributed by atoms with van der Waals surface area (Å²) in [7, 11) is 1.82. The van der Waals surface area contributed by atoms with Crippen molar-refractivity contribution in [1.29, 1.82) is 0 Å². The number of aromatic nitrogens is 1. The summed E-state index contributed by atoms with van der Waals surface area (Å²) in [4.78, 5) is 10.8. The molecule has 6 nitrogen and oxygen atoms in total. The maximum atomic E-state index is 5.80. The second-order valence-corrected chi connectivity index (χ2v) is 6.55. The van der Waals surface area contributed by atoms with Gasteiger partial charge in [0.15, 0.2) is 5.96 Å². The molecular weight excluding hydrogens is 443 g/mol. The number of rotatable bonds is 4. The van der Waals surface area contributed by atoms with Crippen molar-refractivity contribution in [2.24, 2.45) is 10.4 Å². The number of nitrogens with one attached hydrogen (secondary N) is 1. The lowest BCUT2D eigenvalue weighted by molar-refractivity contribution is 0.156. The zero-order valence-electron chi connectivity index (χ0n) is 13.8. The van der Waals surface area contributed by atoms with Crippen LogP contribution in [-0.4, -0.2) is 62.3 Å². The lowest BCUT2D eigenvalue weighted by Crippen LogP contribution is -2.42. The third kappa shape index (κ3) is 4.86. The molecule has 0 bridgehead atoms. The van der Waals surface area contributed by atoms with Crippen molar-refractivity contribution in [2.75, 3.05) is 46.5 Å². The van der Waals surface area contributed by atoms with E-state index in [1.165, 1.54) is 6.42 Å². The third-order valence-electron chi connectivity index (χ3n) is 4.47. The number of nitrogens with zero attached hydrogens (tertiary/aromatic N) is 3. The maximum absolute atomic E-state index is 5.80. The molecule has 0 aliphatic carbocycles. The minimum Gasteiger partial charge on any atom is -0.476 e. The average molecular weight is 467 g/mol. The molecule has 134 valence electrons. The highest BCUT2D eigenvalue weighted by Crippen LogP contribution is 2.38. The number of hydrogen-bond donors (Lipinski definition) is 1. The van der Waals surface area contributed by atoms with Gasteiger partial charge in [-0.2, -0.15) is 0 Å². The van der Waals surface area contributed by atoms with Crippen LogP contribution in [0.3, 0.4) is 0 Å². The van der Waals surface area contributed by atoms with Crippen molar-refractivity contribution in [1.82, 2.24) is 15.2 Å². The molecule has 3 rings (SSSR count). The normalized spacial score (nSPS) is 23.4. The molecule has 2 fully saturated rings. The summed E-state index contributed by atoms with van der Waals surface area (Å²) in [5, 5.41) is 3.96. The number of ether oxygens (including phenoxy) is 2. The van der Waals surface area contributed by atoms with E-state index in [2.05, 4.69) is 20.2 Å². The first-order valence-electron chi connectivity index (χ1n) is 7.98. The molecule has 0 radical (unpaired) electrons. The van der Waals surface area contributed by atoms with Gasteiger partial charge in [0, 0.05) is 44.4 Å². The zero-order valence-corrected chi connectivity index (χ0v) is 16.9. The van der Waals surface area contributed by atoms with Crippen LogP contribution >= 0.6 is 35.6 Å². The largest absolute Gasteiger partial charge is 0.476 e. The summed E-state index contributed by atoms with van der Waals surface area (Å²) in [6, 6.07) is 3.53. The molecule has 2 aliphatic heterocycles. The van der Waals surface area contributed by atoms with E-state index in [-0.39, 0.29) is 24.0 Å². The standard InChI is InChI=1S/C16H23ClN4O2.HI/c1-18-15(21-7-4-16(11-21)5-8-22-12-16)19-6-9-23-14-3-2-13(17)10-20-14;/h2-3,10H,4-9,11-12H2,1H3,(H,18,19);1H. The second kappa shape index (κ2) is 9.05. The van der Waals surface area contributed by atoms with Crippen molar-refractivity contribution in [3.63, 3.8) is 0 Å². The Morgan fingerprint density at radius 1 is 1.50 bits per heavy atom.